The van der Waals surface area contributed by atoms with Gasteiger partial charge in [-0.3, -0.25) is 4.79 Å². The number of hydrogen-bond donors (Lipinski definition) is 0. The first-order chi connectivity index (χ1) is 11.6. The summed E-state index contributed by atoms with van der Waals surface area (Å²) >= 11 is 0. The molecule has 0 saturated heterocycles. The standard InChI is InChI=1S/C18H20FNO4S/c1-12(13-5-8-15(9-6-13)25(4,22)23)20(2)18(21)16-11-14(19)7-10-17(16)24-3/h5-12H,1-4H3. The van der Waals surface area contributed by atoms with E-state index in [9.17, 15) is 17.6 Å². The van der Waals surface area contributed by atoms with Gasteiger partial charge in [0.2, 0.25) is 0 Å². The molecule has 1 amide bonds. The lowest BCUT2D eigenvalue weighted by Gasteiger charge is -2.26. The first kappa shape index (κ1) is 18.9. The molecule has 0 aromatic heterocycles. The molecule has 0 aliphatic carbocycles. The molecule has 1 unspecified atom stereocenters. The number of nitrogens with zero attached hydrogens (tertiary/aromatic N) is 1. The molecule has 2 aromatic carbocycles. The Morgan fingerprint density at radius 3 is 2.28 bits per heavy atom. The van der Waals surface area contributed by atoms with Gasteiger partial charge in [-0.1, -0.05) is 12.1 Å². The molecule has 0 bridgehead atoms. The van der Waals surface area contributed by atoms with Crippen molar-refractivity contribution in [2.24, 2.45) is 0 Å². The molecule has 0 aliphatic rings. The van der Waals surface area contributed by atoms with Crippen LogP contribution in [0.2, 0.25) is 0 Å². The maximum absolute atomic E-state index is 13.5. The first-order valence-corrected chi connectivity index (χ1v) is 9.45. The summed E-state index contributed by atoms with van der Waals surface area (Å²) in [6, 6.07) is 9.75. The lowest BCUT2D eigenvalue weighted by atomic mass is 10.1. The maximum Gasteiger partial charge on any atom is 0.257 e. The molecule has 25 heavy (non-hydrogen) atoms. The number of benzene rings is 2. The molecule has 0 N–H and O–H groups in total. The van der Waals surface area contributed by atoms with Crippen LogP contribution >= 0.6 is 0 Å². The van der Waals surface area contributed by atoms with E-state index in [0.717, 1.165) is 17.9 Å². The zero-order valence-corrected chi connectivity index (χ0v) is 15.3. The van der Waals surface area contributed by atoms with E-state index in [1.54, 1.807) is 26.1 Å². The topological polar surface area (TPSA) is 63.7 Å². The molecule has 1 atom stereocenters. The second-order valence-corrected chi connectivity index (χ2v) is 7.79. The third-order valence-corrected chi connectivity index (χ3v) is 5.21. The molecule has 0 radical (unpaired) electrons. The zero-order chi connectivity index (χ0) is 18.8. The molecular formula is C18H20FNO4S. The summed E-state index contributed by atoms with van der Waals surface area (Å²) < 4.78 is 41.7. The fraction of sp³-hybridized carbons (Fsp3) is 0.278. The molecule has 0 saturated carbocycles. The second-order valence-electron chi connectivity index (χ2n) is 5.78. The van der Waals surface area contributed by atoms with E-state index in [1.165, 1.54) is 36.3 Å². The van der Waals surface area contributed by atoms with E-state index in [4.69, 9.17) is 4.74 Å². The monoisotopic (exact) mass is 365 g/mol. The number of sulfone groups is 1. The van der Waals surface area contributed by atoms with Crippen LogP contribution in [0, 0.1) is 5.82 Å². The second kappa shape index (κ2) is 7.23. The van der Waals surface area contributed by atoms with Gasteiger partial charge in [-0.05, 0) is 42.8 Å². The summed E-state index contributed by atoms with van der Waals surface area (Å²) in [5.41, 5.74) is 0.892. The Morgan fingerprint density at radius 2 is 1.76 bits per heavy atom. The van der Waals surface area contributed by atoms with Crippen LogP contribution in [0.1, 0.15) is 28.9 Å². The highest BCUT2D eigenvalue weighted by atomic mass is 32.2. The van der Waals surface area contributed by atoms with Crippen LogP contribution in [0.3, 0.4) is 0 Å². The summed E-state index contributed by atoms with van der Waals surface area (Å²) in [5, 5.41) is 0. The molecule has 2 rings (SSSR count). The number of ether oxygens (including phenoxy) is 1. The van der Waals surface area contributed by atoms with Gasteiger partial charge < -0.3 is 9.64 Å². The minimum Gasteiger partial charge on any atom is -0.496 e. The van der Waals surface area contributed by atoms with Crippen LogP contribution in [0.15, 0.2) is 47.4 Å². The van der Waals surface area contributed by atoms with Crippen LogP contribution in [-0.2, 0) is 9.84 Å². The summed E-state index contributed by atoms with van der Waals surface area (Å²) in [5.74, 6) is -0.628. The summed E-state index contributed by atoms with van der Waals surface area (Å²) in [6.45, 7) is 1.80. The van der Waals surface area contributed by atoms with Gasteiger partial charge in [-0.25, -0.2) is 12.8 Å². The maximum atomic E-state index is 13.5. The number of methoxy groups -OCH3 is 1. The number of carbonyl (C=O) groups excluding carboxylic acids is 1. The van der Waals surface area contributed by atoms with Gasteiger partial charge in [-0.2, -0.15) is 0 Å². The van der Waals surface area contributed by atoms with Crippen molar-refractivity contribution < 1.29 is 22.3 Å². The zero-order valence-electron chi connectivity index (χ0n) is 14.5. The van der Waals surface area contributed by atoms with E-state index in [-0.39, 0.29) is 22.3 Å². The highest BCUT2D eigenvalue weighted by molar-refractivity contribution is 7.90. The Kier molecular flexibility index (Phi) is 5.47. The van der Waals surface area contributed by atoms with Gasteiger partial charge in [0.25, 0.3) is 5.91 Å². The lowest BCUT2D eigenvalue weighted by molar-refractivity contribution is 0.0738. The molecule has 5 nitrogen and oxygen atoms in total. The quantitative estimate of drug-likeness (QED) is 0.817. The van der Waals surface area contributed by atoms with Crippen molar-refractivity contribution in [1.29, 1.82) is 0 Å². The van der Waals surface area contributed by atoms with Gasteiger partial charge in [0.15, 0.2) is 9.84 Å². The molecule has 0 aliphatic heterocycles. The minimum atomic E-state index is -3.28. The van der Waals surface area contributed by atoms with E-state index < -0.39 is 21.6 Å². The Balaban J connectivity index is 2.29. The van der Waals surface area contributed by atoms with Crippen molar-refractivity contribution in [2.75, 3.05) is 20.4 Å². The van der Waals surface area contributed by atoms with Crippen LogP contribution in [0.25, 0.3) is 0 Å². The number of hydrogen-bond acceptors (Lipinski definition) is 4. The van der Waals surface area contributed by atoms with E-state index in [2.05, 4.69) is 0 Å². The van der Waals surface area contributed by atoms with Gasteiger partial charge >= 0.3 is 0 Å². The first-order valence-electron chi connectivity index (χ1n) is 7.56. The van der Waals surface area contributed by atoms with Crippen LogP contribution in [-0.4, -0.2) is 39.6 Å². The van der Waals surface area contributed by atoms with Gasteiger partial charge in [0.05, 0.1) is 23.6 Å². The number of amides is 1. The Bertz CT molecular complexity index is 878. The molecule has 0 heterocycles. The highest BCUT2D eigenvalue weighted by Crippen LogP contribution is 2.26. The Morgan fingerprint density at radius 1 is 1.16 bits per heavy atom. The molecule has 0 fully saturated rings. The lowest BCUT2D eigenvalue weighted by Crippen LogP contribution is -2.30. The van der Waals surface area contributed by atoms with Crippen LogP contribution < -0.4 is 4.74 Å². The van der Waals surface area contributed by atoms with Crippen molar-refractivity contribution in [3.8, 4) is 5.75 Å². The molecule has 0 spiro atoms. The van der Waals surface area contributed by atoms with Crippen molar-refractivity contribution >= 4 is 15.7 Å². The van der Waals surface area contributed by atoms with E-state index >= 15 is 0 Å². The van der Waals surface area contributed by atoms with E-state index in [0.29, 0.717) is 0 Å². The smallest absolute Gasteiger partial charge is 0.257 e. The van der Waals surface area contributed by atoms with Crippen LogP contribution in [0.4, 0.5) is 4.39 Å². The summed E-state index contributed by atoms with van der Waals surface area (Å²) in [6.07, 6.45) is 1.14. The predicted octanol–water partition coefficient (Wildman–Crippen LogP) is 3.07. The predicted molar refractivity (Wildman–Crippen MR) is 93.0 cm³/mol. The average Bonchev–Trinajstić information content (AvgIpc) is 2.59. The number of halogens is 1. The van der Waals surface area contributed by atoms with E-state index in [1.807, 2.05) is 0 Å². The van der Waals surface area contributed by atoms with Crippen molar-refractivity contribution in [3.05, 3.63) is 59.4 Å². The average molecular weight is 365 g/mol. The number of carbonyl (C=O) groups is 1. The fourth-order valence-electron chi connectivity index (χ4n) is 2.43. The number of rotatable bonds is 5. The SMILES string of the molecule is COc1ccc(F)cc1C(=O)N(C)C(C)c1ccc(S(C)(=O)=O)cc1. The molecular weight excluding hydrogens is 345 g/mol. The molecule has 2 aromatic rings. The van der Waals surface area contributed by atoms with Crippen molar-refractivity contribution in [2.45, 2.75) is 17.9 Å². The normalized spacial score (nSPS) is 12.5. The Hall–Kier alpha value is -2.41. The van der Waals surface area contributed by atoms with Gasteiger partial charge in [-0.15, -0.1) is 0 Å². The summed E-state index contributed by atoms with van der Waals surface area (Å²) in [4.78, 5) is 14.4. The largest absolute Gasteiger partial charge is 0.496 e. The third-order valence-electron chi connectivity index (χ3n) is 4.08. The van der Waals surface area contributed by atoms with Gasteiger partial charge in [0, 0.05) is 13.3 Å². The fourth-order valence-corrected chi connectivity index (χ4v) is 3.06. The Labute approximate surface area is 147 Å². The third kappa shape index (κ3) is 4.17. The molecule has 7 heteroatoms. The van der Waals surface area contributed by atoms with Crippen molar-refractivity contribution in [3.63, 3.8) is 0 Å². The molecule has 134 valence electrons. The minimum absolute atomic E-state index is 0.129. The van der Waals surface area contributed by atoms with Crippen molar-refractivity contribution in [1.82, 2.24) is 4.90 Å². The van der Waals surface area contributed by atoms with Crippen LogP contribution in [0.5, 0.6) is 5.75 Å². The van der Waals surface area contributed by atoms with Gasteiger partial charge in [0.1, 0.15) is 11.6 Å². The highest BCUT2D eigenvalue weighted by Gasteiger charge is 2.22. The summed E-state index contributed by atoms with van der Waals surface area (Å²) in [7, 11) is -0.264.